The van der Waals surface area contributed by atoms with Crippen LogP contribution in [0.2, 0.25) is 0 Å². The van der Waals surface area contributed by atoms with Gasteiger partial charge in [-0.15, -0.1) is 0 Å². The zero-order chi connectivity index (χ0) is 14.8. The Morgan fingerprint density at radius 3 is 2.32 bits per heavy atom. The van der Waals surface area contributed by atoms with Crippen molar-refractivity contribution in [3.05, 3.63) is 23.8 Å². The number of rotatable bonds is 3. The zero-order valence-corrected chi connectivity index (χ0v) is 11.1. The molecule has 0 saturated heterocycles. The molecule has 0 atom stereocenters. The Balaban J connectivity index is 2.96. The smallest absolute Gasteiger partial charge is 0.397 e. The first-order valence-electron chi connectivity index (χ1n) is 5.86. The van der Waals surface area contributed by atoms with Crippen LogP contribution in [0.5, 0.6) is 0 Å². The molecule has 3 nitrogen and oxygen atoms in total. The van der Waals surface area contributed by atoms with Gasteiger partial charge in [-0.1, -0.05) is 20.8 Å². The van der Waals surface area contributed by atoms with E-state index >= 15 is 0 Å². The maximum absolute atomic E-state index is 12.5. The van der Waals surface area contributed by atoms with Crippen LogP contribution in [0.25, 0.3) is 0 Å². The van der Waals surface area contributed by atoms with Gasteiger partial charge in [0.15, 0.2) is 0 Å². The molecule has 19 heavy (non-hydrogen) atoms. The van der Waals surface area contributed by atoms with Gasteiger partial charge in [0.05, 0.1) is 16.9 Å². The molecule has 6 heteroatoms. The van der Waals surface area contributed by atoms with Crippen molar-refractivity contribution >= 4 is 17.3 Å². The number of carbonyl (C=O) groups excluding carboxylic acids is 1. The average molecular weight is 274 g/mol. The predicted octanol–water partition coefficient (Wildman–Crippen LogP) is 3.66. The normalized spacial score (nSPS) is 12.3. The fraction of sp³-hybridized carbons (Fsp3) is 0.462. The lowest BCUT2D eigenvalue weighted by Crippen LogP contribution is -2.30. The van der Waals surface area contributed by atoms with Crippen molar-refractivity contribution in [1.29, 1.82) is 0 Å². The predicted molar refractivity (Wildman–Crippen MR) is 68.6 cm³/mol. The van der Waals surface area contributed by atoms with E-state index in [1.54, 1.807) is 13.8 Å². The molecule has 0 aliphatic heterocycles. The minimum Gasteiger partial charge on any atom is -0.397 e. The largest absolute Gasteiger partial charge is 0.416 e. The van der Waals surface area contributed by atoms with Crippen molar-refractivity contribution in [2.24, 2.45) is 5.41 Å². The van der Waals surface area contributed by atoms with Crippen molar-refractivity contribution in [1.82, 2.24) is 0 Å². The van der Waals surface area contributed by atoms with Crippen LogP contribution in [0.15, 0.2) is 18.2 Å². The molecule has 0 aliphatic carbocycles. The number of hydrogen-bond donors (Lipinski definition) is 2. The van der Waals surface area contributed by atoms with Crippen LogP contribution in [0.1, 0.15) is 32.8 Å². The average Bonchev–Trinajstić information content (AvgIpc) is 2.30. The van der Waals surface area contributed by atoms with Crippen molar-refractivity contribution < 1.29 is 18.0 Å². The summed E-state index contributed by atoms with van der Waals surface area (Å²) in [6.07, 6.45) is -3.83. The summed E-state index contributed by atoms with van der Waals surface area (Å²) in [6, 6.07) is 2.88. The number of halogens is 3. The monoisotopic (exact) mass is 274 g/mol. The first-order chi connectivity index (χ1) is 8.58. The second-order valence-corrected chi connectivity index (χ2v) is 4.99. The summed E-state index contributed by atoms with van der Waals surface area (Å²) in [6.45, 7) is 5.36. The minimum atomic E-state index is -4.45. The molecule has 0 bridgehead atoms. The Labute approximate surface area is 110 Å². The first-order valence-corrected chi connectivity index (χ1v) is 5.86. The van der Waals surface area contributed by atoms with Crippen LogP contribution in [0, 0.1) is 5.41 Å². The van der Waals surface area contributed by atoms with E-state index in [0.29, 0.717) is 6.42 Å². The van der Waals surface area contributed by atoms with Crippen LogP contribution in [0.4, 0.5) is 24.5 Å². The van der Waals surface area contributed by atoms with E-state index in [2.05, 4.69) is 5.32 Å². The molecule has 3 N–H and O–H groups in total. The third-order valence-electron chi connectivity index (χ3n) is 3.13. The maximum atomic E-state index is 12.5. The molecule has 106 valence electrons. The second-order valence-electron chi connectivity index (χ2n) is 4.99. The van der Waals surface area contributed by atoms with Crippen LogP contribution >= 0.6 is 0 Å². The number of carbonyl (C=O) groups is 1. The van der Waals surface area contributed by atoms with Gasteiger partial charge in [0, 0.05) is 5.41 Å². The van der Waals surface area contributed by atoms with Gasteiger partial charge in [0.2, 0.25) is 5.91 Å². The lowest BCUT2D eigenvalue weighted by atomic mass is 9.89. The highest BCUT2D eigenvalue weighted by Gasteiger charge is 2.31. The van der Waals surface area contributed by atoms with Gasteiger partial charge >= 0.3 is 6.18 Å². The Hall–Kier alpha value is -1.72. The second kappa shape index (κ2) is 5.11. The van der Waals surface area contributed by atoms with Gasteiger partial charge in [0.1, 0.15) is 0 Å². The van der Waals surface area contributed by atoms with E-state index in [9.17, 15) is 18.0 Å². The number of alkyl halides is 3. The Kier molecular flexibility index (Phi) is 4.12. The summed E-state index contributed by atoms with van der Waals surface area (Å²) in [4.78, 5) is 11.9. The molecule has 0 aliphatic rings. The Morgan fingerprint density at radius 1 is 1.32 bits per heavy atom. The molecule has 1 amide bonds. The number of anilines is 2. The molecule has 0 radical (unpaired) electrons. The molecule has 1 aromatic rings. The standard InChI is InChI=1S/C13H17F3N2O/c1-4-12(2,3)11(19)18-10-6-5-8(7-9(10)17)13(14,15)16/h5-7H,4,17H2,1-3H3,(H,18,19). The van der Waals surface area contributed by atoms with Gasteiger partial charge in [-0.2, -0.15) is 13.2 Å². The van der Waals surface area contributed by atoms with E-state index in [1.807, 2.05) is 6.92 Å². The van der Waals surface area contributed by atoms with E-state index < -0.39 is 17.2 Å². The minimum absolute atomic E-state index is 0.102. The number of nitrogen functional groups attached to an aromatic ring is 1. The molecule has 0 unspecified atom stereocenters. The Morgan fingerprint density at radius 2 is 1.89 bits per heavy atom. The number of nitrogens with two attached hydrogens (primary N) is 1. The number of amides is 1. The van der Waals surface area contributed by atoms with Crippen molar-refractivity contribution in [3.63, 3.8) is 0 Å². The summed E-state index contributed by atoms with van der Waals surface area (Å²) < 4.78 is 37.4. The molecule has 1 aromatic carbocycles. The van der Waals surface area contributed by atoms with Gasteiger partial charge in [-0.05, 0) is 24.6 Å². The third-order valence-corrected chi connectivity index (χ3v) is 3.13. The first kappa shape index (κ1) is 15.3. The summed E-state index contributed by atoms with van der Waals surface area (Å²) in [7, 11) is 0. The number of hydrogen-bond acceptors (Lipinski definition) is 2. The fourth-order valence-corrected chi connectivity index (χ4v) is 1.30. The van der Waals surface area contributed by atoms with Gasteiger partial charge in [-0.25, -0.2) is 0 Å². The summed E-state index contributed by atoms with van der Waals surface area (Å²) >= 11 is 0. The van der Waals surface area contributed by atoms with Crippen molar-refractivity contribution in [2.75, 3.05) is 11.1 Å². The fourth-order valence-electron chi connectivity index (χ4n) is 1.30. The topological polar surface area (TPSA) is 55.1 Å². The summed E-state index contributed by atoms with van der Waals surface area (Å²) in [5, 5.41) is 2.55. The molecular formula is C13H17F3N2O. The highest BCUT2D eigenvalue weighted by molar-refractivity contribution is 5.97. The van der Waals surface area contributed by atoms with Crippen molar-refractivity contribution in [3.8, 4) is 0 Å². The van der Waals surface area contributed by atoms with Crippen LogP contribution in [-0.4, -0.2) is 5.91 Å². The van der Waals surface area contributed by atoms with E-state index in [4.69, 9.17) is 5.73 Å². The van der Waals surface area contributed by atoms with Crippen LogP contribution in [-0.2, 0) is 11.0 Å². The van der Waals surface area contributed by atoms with Gasteiger partial charge in [0.25, 0.3) is 0 Å². The highest BCUT2D eigenvalue weighted by Crippen LogP contribution is 2.33. The lowest BCUT2D eigenvalue weighted by molar-refractivity contribution is -0.137. The van der Waals surface area contributed by atoms with E-state index in [-0.39, 0.29) is 17.3 Å². The highest BCUT2D eigenvalue weighted by atomic mass is 19.4. The quantitative estimate of drug-likeness (QED) is 0.826. The molecular weight excluding hydrogens is 257 g/mol. The zero-order valence-electron chi connectivity index (χ0n) is 11.1. The summed E-state index contributed by atoms with van der Waals surface area (Å²) in [5.41, 5.74) is 4.19. The van der Waals surface area contributed by atoms with Crippen molar-refractivity contribution in [2.45, 2.75) is 33.4 Å². The molecule has 0 spiro atoms. The molecule has 0 heterocycles. The van der Waals surface area contributed by atoms with E-state index in [0.717, 1.165) is 12.1 Å². The third kappa shape index (κ3) is 3.62. The molecule has 0 fully saturated rings. The molecule has 1 rings (SSSR count). The van der Waals surface area contributed by atoms with Crippen LogP contribution in [0.3, 0.4) is 0 Å². The maximum Gasteiger partial charge on any atom is 0.416 e. The van der Waals surface area contributed by atoms with Gasteiger partial charge < -0.3 is 11.1 Å². The van der Waals surface area contributed by atoms with Gasteiger partial charge in [-0.3, -0.25) is 4.79 Å². The number of nitrogens with one attached hydrogen (secondary N) is 1. The Bertz CT molecular complexity index is 481. The van der Waals surface area contributed by atoms with E-state index in [1.165, 1.54) is 6.07 Å². The molecule has 0 aromatic heterocycles. The molecule has 0 saturated carbocycles. The SMILES string of the molecule is CCC(C)(C)C(=O)Nc1ccc(C(F)(F)F)cc1N. The summed E-state index contributed by atoms with van der Waals surface area (Å²) in [5.74, 6) is -0.276. The van der Waals surface area contributed by atoms with Crippen LogP contribution < -0.4 is 11.1 Å². The number of benzene rings is 1. The lowest BCUT2D eigenvalue weighted by Gasteiger charge is -2.22.